The molecule has 1 amide bonds. The van der Waals surface area contributed by atoms with Crippen molar-refractivity contribution >= 4 is 23.2 Å². The van der Waals surface area contributed by atoms with Crippen LogP contribution in [0, 0.1) is 5.92 Å². The largest absolute Gasteiger partial charge is 0.421 e. The molecule has 1 fully saturated rings. The van der Waals surface area contributed by atoms with E-state index >= 15 is 0 Å². The Morgan fingerprint density at radius 2 is 2.21 bits per heavy atom. The zero-order chi connectivity index (χ0) is 19.2. The number of carbonyl (C=O) groups is 1. The lowest BCUT2D eigenvalue weighted by Gasteiger charge is -2.32. The second-order valence-corrected chi connectivity index (χ2v) is 7.60. The van der Waals surface area contributed by atoms with Crippen LogP contribution in [0.25, 0.3) is 11.5 Å². The van der Waals surface area contributed by atoms with Crippen molar-refractivity contribution in [2.75, 3.05) is 24.5 Å². The number of piperidine rings is 1. The molecule has 0 aromatic carbocycles. The molecule has 9 heteroatoms. The molecular weight excluding hydrogens is 376 g/mol. The first-order chi connectivity index (χ1) is 13.8. The molecule has 0 saturated carbocycles. The van der Waals surface area contributed by atoms with Gasteiger partial charge >= 0.3 is 0 Å². The molecule has 8 nitrogen and oxygen atoms in total. The predicted octanol–water partition coefficient (Wildman–Crippen LogP) is 2.55. The van der Waals surface area contributed by atoms with Crippen molar-refractivity contribution in [1.29, 1.82) is 0 Å². The second-order valence-electron chi connectivity index (χ2n) is 6.82. The third-order valence-electron chi connectivity index (χ3n) is 4.74. The molecule has 1 aliphatic rings. The van der Waals surface area contributed by atoms with Crippen LogP contribution >= 0.6 is 11.3 Å². The number of nitrogens with one attached hydrogen (secondary N) is 1. The van der Waals surface area contributed by atoms with Crippen LogP contribution in [0.3, 0.4) is 0 Å². The van der Waals surface area contributed by atoms with Gasteiger partial charge in [0.05, 0.1) is 0 Å². The Morgan fingerprint density at radius 1 is 1.32 bits per heavy atom. The number of thiophene rings is 1. The van der Waals surface area contributed by atoms with Gasteiger partial charge in [0.2, 0.25) is 23.6 Å². The van der Waals surface area contributed by atoms with Crippen molar-refractivity contribution in [3.63, 3.8) is 0 Å². The van der Waals surface area contributed by atoms with E-state index in [4.69, 9.17) is 4.42 Å². The van der Waals surface area contributed by atoms with Crippen LogP contribution in [0.2, 0.25) is 0 Å². The number of anilines is 1. The molecule has 1 aliphatic heterocycles. The van der Waals surface area contributed by atoms with Crippen LogP contribution in [0.1, 0.15) is 25.2 Å². The Balaban J connectivity index is 1.21. The van der Waals surface area contributed by atoms with Gasteiger partial charge in [0, 0.05) is 55.8 Å². The Kier molecular flexibility index (Phi) is 5.91. The maximum absolute atomic E-state index is 12.2. The van der Waals surface area contributed by atoms with Gasteiger partial charge in [-0.3, -0.25) is 4.79 Å². The summed E-state index contributed by atoms with van der Waals surface area (Å²) in [5, 5.41) is 15.0. The highest BCUT2D eigenvalue weighted by Gasteiger charge is 2.22. The van der Waals surface area contributed by atoms with Crippen LogP contribution in [-0.2, 0) is 11.2 Å². The standard InChI is InChI=1S/C19H22N6O2S/c26-16(4-5-17-23-24-18(27-17)15-6-10-28-13-15)22-11-14-3-1-9-25(12-14)19-20-7-2-8-21-19/h2,6-8,10,13-14H,1,3-5,9,11-12H2,(H,22,26). The minimum atomic E-state index is 0.00312. The predicted molar refractivity (Wildman–Crippen MR) is 106 cm³/mol. The summed E-state index contributed by atoms with van der Waals surface area (Å²) in [4.78, 5) is 23.0. The Hall–Kier alpha value is -2.81. The van der Waals surface area contributed by atoms with E-state index in [2.05, 4.69) is 30.4 Å². The summed E-state index contributed by atoms with van der Waals surface area (Å²) in [6.45, 7) is 2.47. The fourth-order valence-electron chi connectivity index (χ4n) is 3.29. The van der Waals surface area contributed by atoms with Crippen molar-refractivity contribution in [1.82, 2.24) is 25.5 Å². The fraction of sp³-hybridized carbons (Fsp3) is 0.421. The number of nitrogens with zero attached hydrogens (tertiary/aromatic N) is 5. The lowest BCUT2D eigenvalue weighted by atomic mass is 9.98. The number of aryl methyl sites for hydroxylation is 1. The first-order valence-corrected chi connectivity index (χ1v) is 10.4. The van der Waals surface area contributed by atoms with E-state index in [9.17, 15) is 4.79 Å². The molecule has 146 valence electrons. The molecule has 1 N–H and O–H groups in total. The summed E-state index contributed by atoms with van der Waals surface area (Å²) >= 11 is 1.58. The van der Waals surface area contributed by atoms with Gasteiger partial charge in [-0.2, -0.15) is 11.3 Å². The summed E-state index contributed by atoms with van der Waals surface area (Å²) in [5.74, 6) is 2.15. The van der Waals surface area contributed by atoms with Gasteiger partial charge in [-0.15, -0.1) is 10.2 Å². The molecule has 0 spiro atoms. The van der Waals surface area contributed by atoms with E-state index < -0.39 is 0 Å². The zero-order valence-corrected chi connectivity index (χ0v) is 16.3. The highest BCUT2D eigenvalue weighted by molar-refractivity contribution is 7.08. The molecule has 3 aromatic rings. The summed E-state index contributed by atoms with van der Waals surface area (Å²) in [6.07, 6.45) is 6.47. The summed E-state index contributed by atoms with van der Waals surface area (Å²) < 4.78 is 5.62. The Labute approximate surface area is 167 Å². The molecule has 4 rings (SSSR count). The van der Waals surface area contributed by atoms with E-state index in [1.54, 1.807) is 23.7 Å². The lowest BCUT2D eigenvalue weighted by Crippen LogP contribution is -2.41. The van der Waals surface area contributed by atoms with Crippen molar-refractivity contribution in [3.8, 4) is 11.5 Å². The number of rotatable bonds is 7. The molecule has 0 bridgehead atoms. The molecule has 3 aromatic heterocycles. The van der Waals surface area contributed by atoms with Crippen molar-refractivity contribution in [3.05, 3.63) is 41.2 Å². The van der Waals surface area contributed by atoms with Crippen LogP contribution in [0.15, 0.2) is 39.7 Å². The van der Waals surface area contributed by atoms with Crippen molar-refractivity contribution in [2.45, 2.75) is 25.7 Å². The lowest BCUT2D eigenvalue weighted by molar-refractivity contribution is -0.121. The minimum absolute atomic E-state index is 0.00312. The minimum Gasteiger partial charge on any atom is -0.421 e. The summed E-state index contributed by atoms with van der Waals surface area (Å²) in [5.41, 5.74) is 0.914. The first kappa shape index (κ1) is 18.5. The topological polar surface area (TPSA) is 97.0 Å². The fourth-order valence-corrected chi connectivity index (χ4v) is 3.92. The Bertz CT molecular complexity index is 883. The first-order valence-electron chi connectivity index (χ1n) is 9.41. The number of aromatic nitrogens is 4. The maximum Gasteiger partial charge on any atom is 0.248 e. The van der Waals surface area contributed by atoms with E-state index in [-0.39, 0.29) is 5.91 Å². The molecule has 1 atom stereocenters. The SMILES string of the molecule is O=C(CCc1nnc(-c2ccsc2)o1)NCC1CCCN(c2ncccn2)C1. The van der Waals surface area contributed by atoms with Crippen LogP contribution < -0.4 is 10.2 Å². The van der Waals surface area contributed by atoms with Gasteiger partial charge < -0.3 is 14.6 Å². The van der Waals surface area contributed by atoms with Gasteiger partial charge in [0.1, 0.15) is 0 Å². The van der Waals surface area contributed by atoms with E-state index in [0.29, 0.717) is 37.1 Å². The van der Waals surface area contributed by atoms with Crippen LogP contribution in [0.5, 0.6) is 0 Å². The number of carbonyl (C=O) groups excluding carboxylic acids is 1. The molecule has 0 radical (unpaired) electrons. The van der Waals surface area contributed by atoms with Gasteiger partial charge in [-0.1, -0.05) is 0 Å². The van der Waals surface area contributed by atoms with Gasteiger partial charge in [0.15, 0.2) is 0 Å². The third kappa shape index (κ3) is 4.72. The van der Waals surface area contributed by atoms with Gasteiger partial charge in [-0.05, 0) is 36.3 Å². The van der Waals surface area contributed by atoms with Gasteiger partial charge in [0.25, 0.3) is 0 Å². The quantitative estimate of drug-likeness (QED) is 0.653. The van der Waals surface area contributed by atoms with Crippen LogP contribution in [-0.4, -0.2) is 45.7 Å². The maximum atomic E-state index is 12.2. The molecule has 1 saturated heterocycles. The van der Waals surface area contributed by atoms with E-state index in [1.807, 2.05) is 22.9 Å². The molecular formula is C19H22N6O2S. The summed E-state index contributed by atoms with van der Waals surface area (Å²) in [7, 11) is 0. The van der Waals surface area contributed by atoms with Gasteiger partial charge in [-0.25, -0.2) is 9.97 Å². The molecule has 4 heterocycles. The monoisotopic (exact) mass is 398 g/mol. The molecule has 0 aliphatic carbocycles. The third-order valence-corrected chi connectivity index (χ3v) is 5.43. The average Bonchev–Trinajstić information content (AvgIpc) is 3.43. The van der Waals surface area contributed by atoms with Crippen LogP contribution in [0.4, 0.5) is 5.95 Å². The normalized spacial score (nSPS) is 16.9. The molecule has 28 heavy (non-hydrogen) atoms. The molecule has 1 unspecified atom stereocenters. The Morgan fingerprint density at radius 3 is 3.04 bits per heavy atom. The highest BCUT2D eigenvalue weighted by atomic mass is 32.1. The summed E-state index contributed by atoms with van der Waals surface area (Å²) in [6, 6.07) is 3.75. The zero-order valence-electron chi connectivity index (χ0n) is 15.5. The van der Waals surface area contributed by atoms with E-state index in [1.165, 1.54) is 0 Å². The second kappa shape index (κ2) is 8.92. The number of hydrogen-bond acceptors (Lipinski definition) is 8. The van der Waals surface area contributed by atoms with E-state index in [0.717, 1.165) is 37.4 Å². The highest BCUT2D eigenvalue weighted by Crippen LogP contribution is 2.21. The number of amides is 1. The smallest absolute Gasteiger partial charge is 0.248 e. The number of hydrogen-bond donors (Lipinski definition) is 1. The average molecular weight is 398 g/mol. The van der Waals surface area contributed by atoms with Crippen molar-refractivity contribution in [2.24, 2.45) is 5.92 Å². The van der Waals surface area contributed by atoms with Crippen molar-refractivity contribution < 1.29 is 9.21 Å².